The Morgan fingerprint density at radius 3 is 1.87 bits per heavy atom. The van der Waals surface area contributed by atoms with Crippen LogP contribution in [0.4, 0.5) is 0 Å². The van der Waals surface area contributed by atoms with Crippen molar-refractivity contribution in [2.24, 2.45) is 11.7 Å². The number of phenols is 1. The van der Waals surface area contributed by atoms with Gasteiger partial charge in [-0.25, -0.2) is 4.79 Å². The van der Waals surface area contributed by atoms with Gasteiger partial charge in [0.2, 0.25) is 17.7 Å². The SMILES string of the molecule is CCC(C)C(NC(=O)C(N)C(C)O)C(=O)NC(Cc1ccccc1)C(=O)NC(Cc1ccc(O)cc1)C(=O)O. The van der Waals surface area contributed by atoms with E-state index in [0.717, 1.165) is 5.56 Å². The van der Waals surface area contributed by atoms with E-state index >= 15 is 0 Å². The maximum atomic E-state index is 13.4. The number of aliphatic carboxylic acids is 1. The summed E-state index contributed by atoms with van der Waals surface area (Å²) in [5.74, 6) is -3.65. The zero-order valence-electron chi connectivity index (χ0n) is 22.3. The maximum absolute atomic E-state index is 13.4. The lowest BCUT2D eigenvalue weighted by Crippen LogP contribution is -2.60. The Kier molecular flexibility index (Phi) is 11.9. The van der Waals surface area contributed by atoms with Crippen molar-refractivity contribution in [2.45, 2.75) is 70.3 Å². The highest BCUT2D eigenvalue weighted by Crippen LogP contribution is 2.13. The molecular formula is C28H38N4O7. The second kappa shape index (κ2) is 14.8. The largest absolute Gasteiger partial charge is 0.508 e. The predicted octanol–water partition coefficient (Wildman–Crippen LogP) is 0.471. The Labute approximate surface area is 227 Å². The molecule has 8 N–H and O–H groups in total. The molecule has 0 aliphatic carbocycles. The quantitative estimate of drug-likeness (QED) is 0.179. The summed E-state index contributed by atoms with van der Waals surface area (Å²) in [6, 6.07) is 10.1. The summed E-state index contributed by atoms with van der Waals surface area (Å²) < 4.78 is 0. The van der Waals surface area contributed by atoms with Crippen LogP contribution < -0.4 is 21.7 Å². The van der Waals surface area contributed by atoms with Gasteiger partial charge >= 0.3 is 5.97 Å². The standard InChI is InChI=1S/C28H38N4O7/c1-4-16(2)24(32-26(36)23(29)17(3)33)27(37)30-21(14-18-8-6-5-7-9-18)25(35)31-22(28(38)39)15-19-10-12-20(34)13-11-19/h5-13,16-17,21-24,33-34H,4,14-15,29H2,1-3H3,(H,30,37)(H,31,35)(H,32,36)(H,38,39). The minimum atomic E-state index is -1.30. The Morgan fingerprint density at radius 2 is 1.33 bits per heavy atom. The summed E-state index contributed by atoms with van der Waals surface area (Å²) in [5, 5.41) is 36.7. The molecule has 11 nitrogen and oxygen atoms in total. The van der Waals surface area contributed by atoms with Gasteiger partial charge in [0.05, 0.1) is 6.10 Å². The van der Waals surface area contributed by atoms with Gasteiger partial charge in [0, 0.05) is 12.8 Å². The Morgan fingerprint density at radius 1 is 0.795 bits per heavy atom. The number of carbonyl (C=O) groups excluding carboxylic acids is 3. The summed E-state index contributed by atoms with van der Waals surface area (Å²) in [6.07, 6.45) is -0.594. The number of aromatic hydroxyl groups is 1. The third-order valence-corrected chi connectivity index (χ3v) is 6.52. The number of carbonyl (C=O) groups is 4. The third kappa shape index (κ3) is 9.69. The summed E-state index contributed by atoms with van der Waals surface area (Å²) >= 11 is 0. The molecule has 0 bridgehead atoms. The molecule has 0 saturated carbocycles. The predicted molar refractivity (Wildman–Crippen MR) is 144 cm³/mol. The highest BCUT2D eigenvalue weighted by molar-refractivity contribution is 5.94. The van der Waals surface area contributed by atoms with E-state index in [1.165, 1.54) is 19.1 Å². The molecule has 0 saturated heterocycles. The molecule has 2 aromatic rings. The number of aliphatic hydroxyl groups is 1. The van der Waals surface area contributed by atoms with E-state index in [4.69, 9.17) is 5.73 Å². The van der Waals surface area contributed by atoms with Gasteiger partial charge in [-0.05, 0) is 36.1 Å². The molecule has 2 rings (SSSR count). The number of nitrogens with one attached hydrogen (secondary N) is 3. The van der Waals surface area contributed by atoms with Crippen molar-refractivity contribution in [3.8, 4) is 5.75 Å². The minimum Gasteiger partial charge on any atom is -0.508 e. The van der Waals surface area contributed by atoms with Crippen LogP contribution in [0.2, 0.25) is 0 Å². The lowest BCUT2D eigenvalue weighted by atomic mass is 9.96. The van der Waals surface area contributed by atoms with Crippen molar-refractivity contribution in [3.05, 3.63) is 65.7 Å². The molecule has 0 aliphatic heterocycles. The molecule has 3 amide bonds. The summed E-state index contributed by atoms with van der Waals surface area (Å²) in [6.45, 7) is 4.95. The fraction of sp³-hybridized carbons (Fsp3) is 0.429. The first-order chi connectivity index (χ1) is 18.4. The van der Waals surface area contributed by atoms with Gasteiger partial charge in [0.15, 0.2) is 0 Å². The number of benzene rings is 2. The Balaban J connectivity index is 2.27. The molecule has 6 unspecified atom stereocenters. The van der Waals surface area contributed by atoms with Crippen LogP contribution in [-0.2, 0) is 32.0 Å². The lowest BCUT2D eigenvalue weighted by Gasteiger charge is -2.28. The first-order valence-electron chi connectivity index (χ1n) is 12.8. The zero-order valence-corrected chi connectivity index (χ0v) is 22.3. The topological polar surface area (TPSA) is 191 Å². The van der Waals surface area contributed by atoms with Crippen LogP contribution in [0.15, 0.2) is 54.6 Å². The van der Waals surface area contributed by atoms with Gasteiger partial charge < -0.3 is 37.0 Å². The van der Waals surface area contributed by atoms with Crippen molar-refractivity contribution in [1.82, 2.24) is 16.0 Å². The van der Waals surface area contributed by atoms with Crippen LogP contribution in [0.5, 0.6) is 5.75 Å². The van der Waals surface area contributed by atoms with Crippen molar-refractivity contribution < 1.29 is 34.5 Å². The van der Waals surface area contributed by atoms with E-state index < -0.39 is 54.0 Å². The number of rotatable bonds is 14. The first-order valence-corrected chi connectivity index (χ1v) is 12.8. The maximum Gasteiger partial charge on any atom is 0.326 e. The van der Waals surface area contributed by atoms with Gasteiger partial charge in [0.1, 0.15) is 29.9 Å². The molecule has 212 valence electrons. The number of phenolic OH excluding ortho intramolecular Hbond substituents is 1. The molecule has 39 heavy (non-hydrogen) atoms. The van der Waals surface area contributed by atoms with Gasteiger partial charge in [-0.15, -0.1) is 0 Å². The van der Waals surface area contributed by atoms with Gasteiger partial charge in [0.25, 0.3) is 0 Å². The average Bonchev–Trinajstić information content (AvgIpc) is 2.91. The summed E-state index contributed by atoms with van der Waals surface area (Å²) in [7, 11) is 0. The number of hydrogen-bond donors (Lipinski definition) is 7. The highest BCUT2D eigenvalue weighted by Gasteiger charge is 2.33. The van der Waals surface area contributed by atoms with Crippen LogP contribution >= 0.6 is 0 Å². The number of amides is 3. The monoisotopic (exact) mass is 542 g/mol. The van der Waals surface area contributed by atoms with Crippen molar-refractivity contribution >= 4 is 23.7 Å². The van der Waals surface area contributed by atoms with Crippen molar-refractivity contribution in [3.63, 3.8) is 0 Å². The molecule has 0 aromatic heterocycles. The molecule has 0 radical (unpaired) electrons. The highest BCUT2D eigenvalue weighted by atomic mass is 16.4. The van der Waals surface area contributed by atoms with E-state index in [0.29, 0.717) is 12.0 Å². The van der Waals surface area contributed by atoms with Crippen LogP contribution in [0.1, 0.15) is 38.3 Å². The van der Waals surface area contributed by atoms with Gasteiger partial charge in [-0.1, -0.05) is 62.7 Å². The fourth-order valence-electron chi connectivity index (χ4n) is 3.83. The molecular weight excluding hydrogens is 504 g/mol. The first kappa shape index (κ1) is 31.3. The zero-order chi connectivity index (χ0) is 29.1. The van der Waals surface area contributed by atoms with Crippen molar-refractivity contribution in [1.29, 1.82) is 0 Å². The van der Waals surface area contributed by atoms with E-state index in [1.807, 2.05) is 6.92 Å². The molecule has 6 atom stereocenters. The molecule has 2 aromatic carbocycles. The van der Waals surface area contributed by atoms with Gasteiger partial charge in [-0.3, -0.25) is 14.4 Å². The summed E-state index contributed by atoms with van der Waals surface area (Å²) in [4.78, 5) is 51.2. The van der Waals surface area contributed by atoms with E-state index in [1.54, 1.807) is 49.4 Å². The smallest absolute Gasteiger partial charge is 0.326 e. The molecule has 0 heterocycles. The van der Waals surface area contributed by atoms with E-state index in [2.05, 4.69) is 16.0 Å². The van der Waals surface area contributed by atoms with E-state index in [9.17, 15) is 34.5 Å². The number of carboxylic acids is 1. The molecule has 11 heteroatoms. The Bertz CT molecular complexity index is 1110. The molecule has 0 spiro atoms. The minimum absolute atomic E-state index is 0.0256. The van der Waals surface area contributed by atoms with Crippen LogP contribution in [0, 0.1) is 5.92 Å². The van der Waals surface area contributed by atoms with Crippen LogP contribution in [-0.4, -0.2) is 69.3 Å². The van der Waals surface area contributed by atoms with E-state index in [-0.39, 0.29) is 24.5 Å². The molecule has 0 fully saturated rings. The Hall–Kier alpha value is -3.96. The second-order valence-electron chi connectivity index (χ2n) is 9.66. The third-order valence-electron chi connectivity index (χ3n) is 6.52. The number of aliphatic hydroxyl groups excluding tert-OH is 1. The fourth-order valence-corrected chi connectivity index (χ4v) is 3.83. The number of nitrogens with two attached hydrogens (primary N) is 1. The number of hydrogen-bond acceptors (Lipinski definition) is 7. The summed E-state index contributed by atoms with van der Waals surface area (Å²) in [5.41, 5.74) is 7.04. The normalized spacial score (nSPS) is 15.6. The number of carboxylic acid groups (broad SMARTS) is 1. The second-order valence-corrected chi connectivity index (χ2v) is 9.66. The van der Waals surface area contributed by atoms with Crippen molar-refractivity contribution in [2.75, 3.05) is 0 Å². The lowest BCUT2D eigenvalue weighted by molar-refractivity contribution is -0.142. The van der Waals surface area contributed by atoms with Crippen LogP contribution in [0.25, 0.3) is 0 Å². The van der Waals surface area contributed by atoms with Gasteiger partial charge in [-0.2, -0.15) is 0 Å². The average molecular weight is 543 g/mol. The molecule has 0 aliphatic rings. The van der Waals surface area contributed by atoms with Crippen LogP contribution in [0.3, 0.4) is 0 Å².